The average Bonchev–Trinajstić information content (AvgIpc) is 2.94. The first-order valence-corrected chi connectivity index (χ1v) is 7.65. The lowest BCUT2D eigenvalue weighted by molar-refractivity contribution is -0.123. The Morgan fingerprint density at radius 3 is 2.45 bits per heavy atom. The summed E-state index contributed by atoms with van der Waals surface area (Å²) in [4.78, 5) is 23.8. The smallest absolute Gasteiger partial charge is 0.375 e. The number of carbonyl (C=O) groups is 2. The van der Waals surface area contributed by atoms with Gasteiger partial charge in [0.2, 0.25) is 5.76 Å². The fourth-order valence-corrected chi connectivity index (χ4v) is 2.07. The molecule has 1 amide bonds. The Morgan fingerprint density at radius 1 is 1.23 bits per heavy atom. The third-order valence-corrected chi connectivity index (χ3v) is 3.48. The molecule has 0 aliphatic rings. The van der Waals surface area contributed by atoms with Crippen molar-refractivity contribution in [2.75, 3.05) is 5.32 Å². The maximum absolute atomic E-state index is 12.0. The molecule has 0 spiro atoms. The monoisotopic (exact) mass is 365 g/mol. The number of hydrogen-bond donors (Lipinski definition) is 1. The number of hydrogen-bond acceptors (Lipinski definition) is 4. The minimum atomic E-state index is -0.928. The number of anilines is 1. The summed E-state index contributed by atoms with van der Waals surface area (Å²) in [6, 6.07) is 10.6. The second-order valence-corrected chi connectivity index (χ2v) is 5.47. The zero-order chi connectivity index (χ0) is 16.1. The van der Waals surface area contributed by atoms with E-state index in [4.69, 9.17) is 9.15 Å². The molecule has 0 fully saturated rings. The van der Waals surface area contributed by atoms with Gasteiger partial charge in [0.05, 0.1) is 0 Å². The molecule has 6 heteroatoms. The zero-order valence-corrected chi connectivity index (χ0v) is 13.8. The van der Waals surface area contributed by atoms with Gasteiger partial charge in [-0.25, -0.2) is 4.79 Å². The van der Waals surface area contributed by atoms with Crippen LogP contribution in [-0.4, -0.2) is 18.0 Å². The third kappa shape index (κ3) is 4.21. The molecule has 116 valence electrons. The fourth-order valence-electron chi connectivity index (χ4n) is 1.76. The molecule has 22 heavy (non-hydrogen) atoms. The average molecular weight is 366 g/mol. The molecule has 0 saturated carbocycles. The van der Waals surface area contributed by atoms with Crippen molar-refractivity contribution in [1.29, 1.82) is 0 Å². The van der Waals surface area contributed by atoms with E-state index in [1.54, 1.807) is 6.07 Å². The molecule has 1 aromatic heterocycles. The van der Waals surface area contributed by atoms with Gasteiger partial charge in [-0.3, -0.25) is 4.79 Å². The van der Waals surface area contributed by atoms with Crippen molar-refractivity contribution in [3.05, 3.63) is 52.4 Å². The number of rotatable bonds is 5. The Labute approximate surface area is 136 Å². The van der Waals surface area contributed by atoms with E-state index in [2.05, 4.69) is 28.2 Å². The number of halogens is 1. The summed E-state index contributed by atoms with van der Waals surface area (Å²) in [5.41, 5.74) is 1.84. The number of esters is 1. The maximum Gasteiger partial charge on any atom is 0.375 e. The van der Waals surface area contributed by atoms with E-state index in [1.807, 2.05) is 24.3 Å². The standard InChI is InChI=1S/C16H16BrNO4/c1-3-11-4-6-12(7-5-11)18-15(19)10(2)21-16(20)13-8-9-14(17)22-13/h4-10H,3H2,1-2H3,(H,18,19)/t10-/m1/s1. The number of carbonyl (C=O) groups excluding carboxylic acids is 2. The highest BCUT2D eigenvalue weighted by Gasteiger charge is 2.21. The molecule has 1 heterocycles. The third-order valence-electron chi connectivity index (χ3n) is 3.06. The lowest BCUT2D eigenvalue weighted by Gasteiger charge is -2.13. The van der Waals surface area contributed by atoms with Crippen LogP contribution in [0.3, 0.4) is 0 Å². The molecule has 1 N–H and O–H groups in total. The van der Waals surface area contributed by atoms with E-state index in [0.717, 1.165) is 6.42 Å². The molecule has 5 nitrogen and oxygen atoms in total. The van der Waals surface area contributed by atoms with Crippen LogP contribution in [0.4, 0.5) is 5.69 Å². The van der Waals surface area contributed by atoms with Crippen molar-refractivity contribution >= 4 is 33.5 Å². The first kappa shape index (κ1) is 16.3. The predicted octanol–water partition coefficient (Wildman–Crippen LogP) is 3.79. The van der Waals surface area contributed by atoms with Crippen molar-refractivity contribution in [3.63, 3.8) is 0 Å². The van der Waals surface area contributed by atoms with Crippen molar-refractivity contribution in [2.24, 2.45) is 0 Å². The van der Waals surface area contributed by atoms with Gasteiger partial charge in [-0.15, -0.1) is 0 Å². The summed E-state index contributed by atoms with van der Waals surface area (Å²) in [5.74, 6) is -1.04. The number of ether oxygens (including phenoxy) is 1. The van der Waals surface area contributed by atoms with E-state index in [0.29, 0.717) is 10.4 Å². The van der Waals surface area contributed by atoms with Crippen LogP contribution in [0.5, 0.6) is 0 Å². The van der Waals surface area contributed by atoms with Crippen molar-refractivity contribution in [3.8, 4) is 0 Å². The molecule has 0 saturated heterocycles. The van der Waals surface area contributed by atoms with Crippen LogP contribution in [0, 0.1) is 0 Å². The highest BCUT2D eigenvalue weighted by Crippen LogP contribution is 2.16. The Hall–Kier alpha value is -2.08. The van der Waals surface area contributed by atoms with Crippen LogP contribution in [0.2, 0.25) is 0 Å². The summed E-state index contributed by atoms with van der Waals surface area (Å²) in [5, 5.41) is 2.70. The number of benzene rings is 1. The molecule has 0 bridgehead atoms. The van der Waals surface area contributed by atoms with Gasteiger partial charge in [0.15, 0.2) is 10.8 Å². The van der Waals surface area contributed by atoms with Gasteiger partial charge >= 0.3 is 5.97 Å². The van der Waals surface area contributed by atoms with Crippen LogP contribution in [0.1, 0.15) is 30.0 Å². The van der Waals surface area contributed by atoms with E-state index in [-0.39, 0.29) is 5.76 Å². The minimum Gasteiger partial charge on any atom is -0.447 e. The molecule has 1 atom stereocenters. The first-order chi connectivity index (χ1) is 10.5. The molecule has 0 radical (unpaired) electrons. The topological polar surface area (TPSA) is 68.5 Å². The van der Waals surface area contributed by atoms with Crippen LogP contribution in [0.15, 0.2) is 45.5 Å². The summed E-state index contributed by atoms with van der Waals surface area (Å²) in [7, 11) is 0. The molecular weight excluding hydrogens is 350 g/mol. The highest BCUT2D eigenvalue weighted by atomic mass is 79.9. The molecule has 2 aromatic rings. The Balaban J connectivity index is 1.92. The predicted molar refractivity (Wildman–Crippen MR) is 85.7 cm³/mol. The van der Waals surface area contributed by atoms with Crippen molar-refractivity contribution in [2.45, 2.75) is 26.4 Å². The number of nitrogens with one attached hydrogen (secondary N) is 1. The van der Waals surface area contributed by atoms with E-state index >= 15 is 0 Å². The fraction of sp³-hybridized carbons (Fsp3) is 0.250. The number of furan rings is 1. The van der Waals surface area contributed by atoms with E-state index in [9.17, 15) is 9.59 Å². The molecule has 0 aliphatic carbocycles. The molecule has 0 aliphatic heterocycles. The largest absolute Gasteiger partial charge is 0.447 e. The lowest BCUT2D eigenvalue weighted by Crippen LogP contribution is -2.29. The van der Waals surface area contributed by atoms with Crippen LogP contribution in [0.25, 0.3) is 0 Å². The Bertz CT molecular complexity index is 663. The Kier molecular flexibility index (Phi) is 5.38. The van der Waals surface area contributed by atoms with Crippen LogP contribution in [-0.2, 0) is 16.0 Å². The Morgan fingerprint density at radius 2 is 1.91 bits per heavy atom. The SMILES string of the molecule is CCc1ccc(NC(=O)[C@@H](C)OC(=O)c2ccc(Br)o2)cc1. The molecule has 1 aromatic carbocycles. The minimum absolute atomic E-state index is 0.0406. The second kappa shape index (κ2) is 7.26. The molecule has 2 rings (SSSR count). The van der Waals surface area contributed by atoms with Crippen molar-refractivity contribution in [1.82, 2.24) is 0 Å². The number of aryl methyl sites for hydroxylation is 1. The highest BCUT2D eigenvalue weighted by molar-refractivity contribution is 9.10. The van der Waals surface area contributed by atoms with Gasteiger partial charge in [-0.1, -0.05) is 19.1 Å². The van der Waals surface area contributed by atoms with Crippen LogP contribution < -0.4 is 5.32 Å². The van der Waals surface area contributed by atoms with Gasteiger partial charge < -0.3 is 14.5 Å². The van der Waals surface area contributed by atoms with Crippen LogP contribution >= 0.6 is 15.9 Å². The van der Waals surface area contributed by atoms with Gasteiger partial charge in [0, 0.05) is 5.69 Å². The number of amides is 1. The van der Waals surface area contributed by atoms with E-state index < -0.39 is 18.0 Å². The van der Waals surface area contributed by atoms with Gasteiger partial charge in [0.1, 0.15) is 0 Å². The molecular formula is C16H16BrNO4. The summed E-state index contributed by atoms with van der Waals surface area (Å²) >= 11 is 3.10. The van der Waals surface area contributed by atoms with E-state index in [1.165, 1.54) is 18.6 Å². The lowest BCUT2D eigenvalue weighted by atomic mass is 10.1. The first-order valence-electron chi connectivity index (χ1n) is 6.85. The zero-order valence-electron chi connectivity index (χ0n) is 12.3. The normalized spacial score (nSPS) is 11.8. The summed E-state index contributed by atoms with van der Waals surface area (Å²) in [6.45, 7) is 3.56. The maximum atomic E-state index is 12.0. The second-order valence-electron chi connectivity index (χ2n) is 4.69. The molecule has 0 unspecified atom stereocenters. The summed E-state index contributed by atoms with van der Waals surface area (Å²) < 4.78 is 10.6. The summed E-state index contributed by atoms with van der Waals surface area (Å²) in [6.07, 6.45) is 0.00300. The van der Waals surface area contributed by atoms with Gasteiger partial charge in [-0.2, -0.15) is 0 Å². The van der Waals surface area contributed by atoms with Gasteiger partial charge in [-0.05, 0) is 59.1 Å². The quantitative estimate of drug-likeness (QED) is 0.818. The van der Waals surface area contributed by atoms with Crippen molar-refractivity contribution < 1.29 is 18.7 Å². The van der Waals surface area contributed by atoms with Gasteiger partial charge in [0.25, 0.3) is 5.91 Å².